The Morgan fingerprint density at radius 1 is 1.35 bits per heavy atom. The number of aromatic nitrogens is 2. The smallest absolute Gasteiger partial charge is 0.271 e. The van der Waals surface area contributed by atoms with Crippen molar-refractivity contribution >= 4 is 11.8 Å². The molecular formula is C11H18N2O3S. The number of thioether (sulfide) groups is 1. The number of nitrogens with zero attached hydrogens (tertiary/aromatic N) is 2. The maximum absolute atomic E-state index is 5.34. The van der Waals surface area contributed by atoms with E-state index in [2.05, 4.69) is 16.9 Å². The first-order valence-electron chi connectivity index (χ1n) is 5.42. The molecule has 1 rings (SSSR count). The van der Waals surface area contributed by atoms with Crippen molar-refractivity contribution in [1.29, 1.82) is 0 Å². The lowest BCUT2D eigenvalue weighted by Gasteiger charge is -2.13. The highest BCUT2D eigenvalue weighted by Gasteiger charge is 2.06. The monoisotopic (exact) mass is 258 g/mol. The molecule has 0 fully saturated rings. The molecule has 96 valence electrons. The van der Waals surface area contributed by atoms with Crippen LogP contribution in [0.3, 0.4) is 0 Å². The first kappa shape index (κ1) is 14.4. The van der Waals surface area contributed by atoms with Gasteiger partial charge in [0.15, 0.2) is 5.16 Å². The fourth-order valence-corrected chi connectivity index (χ4v) is 1.81. The third-order valence-electron chi connectivity index (χ3n) is 1.88. The summed E-state index contributed by atoms with van der Waals surface area (Å²) in [6, 6.07) is 1.82. The van der Waals surface area contributed by atoms with Gasteiger partial charge in [-0.15, -0.1) is 0 Å². The van der Waals surface area contributed by atoms with Crippen molar-refractivity contribution in [3.63, 3.8) is 0 Å². The second-order valence-electron chi connectivity index (χ2n) is 3.25. The minimum Gasteiger partial charge on any atom is -0.333 e. The molecule has 0 unspecified atom stereocenters. The van der Waals surface area contributed by atoms with Crippen LogP contribution < -0.4 is 0 Å². The Balaban J connectivity index is 2.47. The van der Waals surface area contributed by atoms with Crippen LogP contribution in [0.2, 0.25) is 0 Å². The largest absolute Gasteiger partial charge is 0.333 e. The van der Waals surface area contributed by atoms with Gasteiger partial charge in [-0.2, -0.15) is 0 Å². The molecule has 0 amide bonds. The van der Waals surface area contributed by atoms with E-state index in [9.17, 15) is 0 Å². The summed E-state index contributed by atoms with van der Waals surface area (Å²) >= 11 is 1.64. The first-order valence-corrected chi connectivity index (χ1v) is 6.40. The van der Waals surface area contributed by atoms with E-state index in [0.717, 1.165) is 23.0 Å². The van der Waals surface area contributed by atoms with Crippen LogP contribution in [0.15, 0.2) is 17.4 Å². The van der Waals surface area contributed by atoms with Crippen molar-refractivity contribution in [3.8, 4) is 0 Å². The lowest BCUT2D eigenvalue weighted by atomic mass is 10.4. The maximum Gasteiger partial charge on any atom is 0.271 e. The molecule has 0 aliphatic carbocycles. The number of hydrogen-bond acceptors (Lipinski definition) is 6. The molecule has 1 aromatic heterocycles. The highest BCUT2D eigenvalue weighted by Crippen LogP contribution is 2.13. The predicted molar refractivity (Wildman–Crippen MR) is 65.6 cm³/mol. The zero-order valence-corrected chi connectivity index (χ0v) is 11.2. The summed E-state index contributed by atoms with van der Waals surface area (Å²) in [4.78, 5) is 8.54. The van der Waals surface area contributed by atoms with Gasteiger partial charge in [-0.1, -0.05) is 18.7 Å². The Morgan fingerprint density at radius 3 is 2.76 bits per heavy atom. The van der Waals surface area contributed by atoms with Crippen molar-refractivity contribution in [1.82, 2.24) is 9.97 Å². The molecule has 17 heavy (non-hydrogen) atoms. The minimum absolute atomic E-state index is 0.342. The van der Waals surface area contributed by atoms with E-state index in [-0.39, 0.29) is 0 Å². The van der Waals surface area contributed by atoms with Gasteiger partial charge < -0.3 is 14.2 Å². The number of rotatable bonds is 8. The third kappa shape index (κ3) is 5.45. The fraction of sp³-hybridized carbons (Fsp3) is 0.636. The predicted octanol–water partition coefficient (Wildman–Crippen LogP) is 2.07. The molecule has 1 aromatic rings. The molecule has 0 spiro atoms. The van der Waals surface area contributed by atoms with Crippen LogP contribution in [-0.4, -0.2) is 36.4 Å². The van der Waals surface area contributed by atoms with E-state index >= 15 is 0 Å². The quantitative estimate of drug-likeness (QED) is 0.404. The molecular weight excluding hydrogens is 240 g/mol. The van der Waals surface area contributed by atoms with Gasteiger partial charge in [0, 0.05) is 26.2 Å². The molecule has 0 bridgehead atoms. The highest BCUT2D eigenvalue weighted by atomic mass is 32.2. The molecule has 5 nitrogen and oxygen atoms in total. The standard InChI is InChI=1S/C11H18N2O3S/c1-4-7-17-10-12-6-5-9(13-10)8-16-11(14-2)15-3/h5-6,11H,4,7-8H2,1-3H3. The first-order chi connectivity index (χ1) is 8.30. The van der Waals surface area contributed by atoms with Gasteiger partial charge in [-0.05, 0) is 12.5 Å². The molecule has 0 aliphatic rings. The van der Waals surface area contributed by atoms with E-state index in [1.165, 1.54) is 14.2 Å². The van der Waals surface area contributed by atoms with Crippen molar-refractivity contribution in [2.75, 3.05) is 20.0 Å². The second kappa shape index (κ2) is 8.41. The molecule has 1 heterocycles. The van der Waals surface area contributed by atoms with Crippen molar-refractivity contribution in [2.45, 2.75) is 31.6 Å². The Hall–Kier alpha value is -0.690. The molecule has 0 N–H and O–H groups in total. The van der Waals surface area contributed by atoms with Gasteiger partial charge >= 0.3 is 0 Å². The number of ether oxygens (including phenoxy) is 3. The minimum atomic E-state index is -0.656. The Kier molecular flexibility index (Phi) is 7.11. The van der Waals surface area contributed by atoms with Gasteiger partial charge in [0.25, 0.3) is 6.48 Å². The summed E-state index contributed by atoms with van der Waals surface area (Å²) in [5, 5.41) is 0.777. The zero-order chi connectivity index (χ0) is 12.5. The van der Waals surface area contributed by atoms with Crippen LogP contribution in [0.1, 0.15) is 19.0 Å². The Morgan fingerprint density at radius 2 is 2.12 bits per heavy atom. The number of hydrogen-bond donors (Lipinski definition) is 0. The average molecular weight is 258 g/mol. The van der Waals surface area contributed by atoms with Crippen LogP contribution in [0.4, 0.5) is 0 Å². The van der Waals surface area contributed by atoms with Gasteiger partial charge in [-0.3, -0.25) is 0 Å². The van der Waals surface area contributed by atoms with E-state index in [0.29, 0.717) is 6.61 Å². The van der Waals surface area contributed by atoms with E-state index in [1.807, 2.05) is 6.07 Å². The molecule has 0 aliphatic heterocycles. The summed E-state index contributed by atoms with van der Waals surface area (Å²) in [6.07, 6.45) is 2.84. The fourth-order valence-electron chi connectivity index (χ4n) is 1.11. The molecule has 6 heteroatoms. The summed E-state index contributed by atoms with van der Waals surface area (Å²) in [5.41, 5.74) is 0.817. The topological polar surface area (TPSA) is 53.5 Å². The molecule has 0 radical (unpaired) electrons. The number of methoxy groups -OCH3 is 2. The van der Waals surface area contributed by atoms with E-state index in [4.69, 9.17) is 14.2 Å². The van der Waals surface area contributed by atoms with E-state index in [1.54, 1.807) is 18.0 Å². The van der Waals surface area contributed by atoms with Crippen molar-refractivity contribution in [3.05, 3.63) is 18.0 Å². The average Bonchev–Trinajstić information content (AvgIpc) is 2.38. The SMILES string of the molecule is CCCSc1nccc(COC(OC)OC)n1. The molecule has 0 saturated heterocycles. The summed E-state index contributed by atoms with van der Waals surface area (Å²) in [7, 11) is 3.05. The maximum atomic E-state index is 5.34. The summed E-state index contributed by atoms with van der Waals surface area (Å²) in [5.74, 6) is 1.02. The van der Waals surface area contributed by atoms with Gasteiger partial charge in [0.1, 0.15) is 0 Å². The van der Waals surface area contributed by atoms with Crippen molar-refractivity contribution < 1.29 is 14.2 Å². The zero-order valence-electron chi connectivity index (χ0n) is 10.4. The summed E-state index contributed by atoms with van der Waals surface area (Å²) in [6.45, 7) is 1.81. The van der Waals surface area contributed by atoms with Crippen molar-refractivity contribution in [2.24, 2.45) is 0 Å². The van der Waals surface area contributed by atoms with Crippen LogP contribution in [-0.2, 0) is 20.8 Å². The Labute approximate surface area is 106 Å². The van der Waals surface area contributed by atoms with Crippen LogP contribution >= 0.6 is 11.8 Å². The normalized spacial score (nSPS) is 11.1. The highest BCUT2D eigenvalue weighted by molar-refractivity contribution is 7.99. The van der Waals surface area contributed by atoms with E-state index < -0.39 is 6.48 Å². The van der Waals surface area contributed by atoms with Gasteiger partial charge in [0.2, 0.25) is 0 Å². The lowest BCUT2D eigenvalue weighted by Crippen LogP contribution is -2.17. The second-order valence-corrected chi connectivity index (χ2v) is 4.31. The van der Waals surface area contributed by atoms with Crippen LogP contribution in [0.5, 0.6) is 0 Å². The molecule has 0 saturated carbocycles. The molecule has 0 atom stereocenters. The lowest BCUT2D eigenvalue weighted by molar-refractivity contribution is -0.271. The van der Waals surface area contributed by atoms with Crippen LogP contribution in [0.25, 0.3) is 0 Å². The third-order valence-corrected chi connectivity index (χ3v) is 2.95. The van der Waals surface area contributed by atoms with Crippen LogP contribution in [0, 0.1) is 0 Å². The Bertz CT molecular complexity index is 321. The molecule has 0 aromatic carbocycles. The van der Waals surface area contributed by atoms with Gasteiger partial charge in [0.05, 0.1) is 12.3 Å². The summed E-state index contributed by atoms with van der Waals surface area (Å²) < 4.78 is 15.2. The van der Waals surface area contributed by atoms with Gasteiger partial charge in [-0.25, -0.2) is 9.97 Å².